The highest BCUT2D eigenvalue weighted by molar-refractivity contribution is 8.26. The number of nitrogens with one attached hydrogen (secondary N) is 1. The van der Waals surface area contributed by atoms with Gasteiger partial charge in [-0.1, -0.05) is 73.1 Å². The predicted molar refractivity (Wildman–Crippen MR) is 111 cm³/mol. The molecule has 1 aromatic carbocycles. The van der Waals surface area contributed by atoms with Gasteiger partial charge in [0, 0.05) is 19.0 Å². The van der Waals surface area contributed by atoms with Crippen molar-refractivity contribution in [1.82, 2.24) is 10.2 Å². The third-order valence-electron chi connectivity index (χ3n) is 4.78. The quantitative estimate of drug-likeness (QED) is 0.611. The molecule has 138 valence electrons. The van der Waals surface area contributed by atoms with Crippen LogP contribution in [0.25, 0.3) is 6.08 Å². The van der Waals surface area contributed by atoms with Gasteiger partial charge in [-0.3, -0.25) is 14.5 Å². The topological polar surface area (TPSA) is 49.4 Å². The van der Waals surface area contributed by atoms with Gasteiger partial charge in [-0.25, -0.2) is 0 Å². The van der Waals surface area contributed by atoms with Gasteiger partial charge in [0.1, 0.15) is 4.32 Å². The molecule has 1 aliphatic heterocycles. The van der Waals surface area contributed by atoms with Gasteiger partial charge in [-0.15, -0.1) is 0 Å². The summed E-state index contributed by atoms with van der Waals surface area (Å²) in [6.07, 6.45) is 7.91. The smallest absolute Gasteiger partial charge is 0.266 e. The highest BCUT2D eigenvalue weighted by Crippen LogP contribution is 2.32. The van der Waals surface area contributed by atoms with Crippen LogP contribution in [-0.4, -0.2) is 33.6 Å². The molecule has 0 atom stereocenters. The molecule has 1 saturated heterocycles. The normalized spacial score (nSPS) is 20.0. The summed E-state index contributed by atoms with van der Waals surface area (Å²) < 4.78 is 0.527. The number of rotatable bonds is 5. The van der Waals surface area contributed by atoms with Crippen LogP contribution in [-0.2, 0) is 9.59 Å². The van der Waals surface area contributed by atoms with Crippen molar-refractivity contribution in [2.24, 2.45) is 0 Å². The van der Waals surface area contributed by atoms with Crippen LogP contribution in [0.1, 0.15) is 49.7 Å². The van der Waals surface area contributed by atoms with E-state index in [0.717, 1.165) is 18.4 Å². The monoisotopic (exact) mass is 388 g/mol. The molecule has 0 bridgehead atoms. The van der Waals surface area contributed by atoms with Crippen molar-refractivity contribution in [1.29, 1.82) is 0 Å². The first-order valence-electron chi connectivity index (χ1n) is 9.14. The SMILES string of the molecule is Cc1ccc(/C=C2/SC(=S)N(CCC(=O)NC3CCCCC3)C2=O)cc1. The maximum absolute atomic E-state index is 12.6. The Kier molecular flexibility index (Phi) is 6.48. The van der Waals surface area contributed by atoms with Gasteiger partial charge in [0.2, 0.25) is 5.91 Å². The van der Waals surface area contributed by atoms with Crippen molar-refractivity contribution < 1.29 is 9.59 Å². The van der Waals surface area contributed by atoms with E-state index in [2.05, 4.69) is 5.32 Å². The number of thioether (sulfide) groups is 1. The van der Waals surface area contributed by atoms with Crippen molar-refractivity contribution in [3.8, 4) is 0 Å². The van der Waals surface area contributed by atoms with Crippen LogP contribution in [0, 0.1) is 6.92 Å². The zero-order chi connectivity index (χ0) is 18.5. The average Bonchev–Trinajstić information content (AvgIpc) is 2.89. The van der Waals surface area contributed by atoms with Crippen LogP contribution in [0.3, 0.4) is 0 Å². The van der Waals surface area contributed by atoms with E-state index in [1.807, 2.05) is 37.3 Å². The second-order valence-corrected chi connectivity index (χ2v) is 8.57. The Hall–Kier alpha value is -1.66. The predicted octanol–water partition coefficient (Wildman–Crippen LogP) is 4.04. The van der Waals surface area contributed by atoms with Crippen molar-refractivity contribution in [2.45, 2.75) is 51.5 Å². The first-order chi connectivity index (χ1) is 12.5. The number of hydrogen-bond acceptors (Lipinski definition) is 4. The number of nitrogens with zero attached hydrogens (tertiary/aromatic N) is 1. The molecular formula is C20H24N2O2S2. The molecule has 6 heteroatoms. The van der Waals surface area contributed by atoms with Crippen LogP contribution in [0.15, 0.2) is 29.2 Å². The fourth-order valence-corrected chi connectivity index (χ4v) is 4.58. The first-order valence-corrected chi connectivity index (χ1v) is 10.4. The Morgan fingerprint density at radius 2 is 1.96 bits per heavy atom. The number of carbonyl (C=O) groups excluding carboxylic acids is 2. The average molecular weight is 389 g/mol. The second kappa shape index (κ2) is 8.82. The van der Waals surface area contributed by atoms with E-state index in [0.29, 0.717) is 28.2 Å². The lowest BCUT2D eigenvalue weighted by Crippen LogP contribution is -2.39. The van der Waals surface area contributed by atoms with E-state index in [1.54, 1.807) is 4.90 Å². The second-order valence-electron chi connectivity index (χ2n) is 6.90. The van der Waals surface area contributed by atoms with E-state index in [9.17, 15) is 9.59 Å². The molecule has 2 amide bonds. The molecule has 0 spiro atoms. The van der Waals surface area contributed by atoms with Crippen LogP contribution < -0.4 is 5.32 Å². The number of aryl methyl sites for hydroxylation is 1. The minimum atomic E-state index is -0.106. The minimum absolute atomic E-state index is 0.00784. The lowest BCUT2D eigenvalue weighted by atomic mass is 9.95. The summed E-state index contributed by atoms with van der Waals surface area (Å²) in [5.74, 6) is -0.0977. The maximum atomic E-state index is 12.6. The van der Waals surface area contributed by atoms with Crippen molar-refractivity contribution >= 4 is 46.2 Å². The summed E-state index contributed by atoms with van der Waals surface area (Å²) in [5, 5.41) is 3.09. The van der Waals surface area contributed by atoms with E-state index in [4.69, 9.17) is 12.2 Å². The molecule has 1 heterocycles. The largest absolute Gasteiger partial charge is 0.353 e. The molecule has 1 N–H and O–H groups in total. The molecule has 4 nitrogen and oxygen atoms in total. The lowest BCUT2D eigenvalue weighted by molar-refractivity contribution is -0.124. The number of benzene rings is 1. The number of hydrogen-bond donors (Lipinski definition) is 1. The first kappa shape index (κ1) is 19.1. The zero-order valence-electron chi connectivity index (χ0n) is 15.0. The standard InChI is InChI=1S/C20H24N2O2S2/c1-14-7-9-15(10-8-14)13-17-19(24)22(20(25)26-17)12-11-18(23)21-16-5-3-2-4-6-16/h7-10,13,16H,2-6,11-12H2,1H3,(H,21,23)/b17-13+. The summed E-state index contributed by atoms with van der Waals surface area (Å²) >= 11 is 6.65. The zero-order valence-corrected chi connectivity index (χ0v) is 16.6. The Bertz CT molecular complexity index is 722. The molecule has 0 unspecified atom stereocenters. The summed E-state index contributed by atoms with van der Waals surface area (Å²) in [5.41, 5.74) is 2.16. The molecule has 2 aliphatic rings. The maximum Gasteiger partial charge on any atom is 0.266 e. The molecule has 0 aromatic heterocycles. The van der Waals surface area contributed by atoms with Crippen molar-refractivity contribution in [2.75, 3.05) is 6.54 Å². The van der Waals surface area contributed by atoms with Gasteiger partial charge >= 0.3 is 0 Å². The van der Waals surface area contributed by atoms with E-state index in [1.165, 1.54) is 36.6 Å². The van der Waals surface area contributed by atoms with E-state index >= 15 is 0 Å². The molecule has 1 aromatic rings. The van der Waals surface area contributed by atoms with Gasteiger partial charge in [-0.2, -0.15) is 0 Å². The molecule has 3 rings (SSSR count). The summed E-state index contributed by atoms with van der Waals surface area (Å²) in [6, 6.07) is 8.30. The van der Waals surface area contributed by atoms with Gasteiger partial charge in [-0.05, 0) is 31.4 Å². The lowest BCUT2D eigenvalue weighted by Gasteiger charge is -2.23. The van der Waals surface area contributed by atoms with Crippen molar-refractivity contribution in [3.63, 3.8) is 0 Å². The molecule has 0 radical (unpaired) electrons. The number of amides is 2. The highest BCUT2D eigenvalue weighted by atomic mass is 32.2. The van der Waals surface area contributed by atoms with E-state index in [-0.39, 0.29) is 11.8 Å². The summed E-state index contributed by atoms with van der Waals surface area (Å²) in [7, 11) is 0. The Balaban J connectivity index is 1.55. The van der Waals surface area contributed by atoms with Crippen LogP contribution >= 0.6 is 24.0 Å². The third-order valence-corrected chi connectivity index (χ3v) is 6.16. The molecule has 2 fully saturated rings. The van der Waals surface area contributed by atoms with Crippen LogP contribution in [0.5, 0.6) is 0 Å². The van der Waals surface area contributed by atoms with Crippen LogP contribution in [0.2, 0.25) is 0 Å². The Labute approximate surface area is 164 Å². The third kappa shape index (κ3) is 4.95. The fraction of sp³-hybridized carbons (Fsp3) is 0.450. The Morgan fingerprint density at radius 1 is 1.27 bits per heavy atom. The van der Waals surface area contributed by atoms with Crippen molar-refractivity contribution in [3.05, 3.63) is 40.3 Å². The van der Waals surface area contributed by atoms with Gasteiger partial charge in [0.25, 0.3) is 5.91 Å². The van der Waals surface area contributed by atoms with Gasteiger partial charge < -0.3 is 5.32 Å². The minimum Gasteiger partial charge on any atom is -0.353 e. The van der Waals surface area contributed by atoms with Crippen LogP contribution in [0.4, 0.5) is 0 Å². The summed E-state index contributed by atoms with van der Waals surface area (Å²) in [4.78, 5) is 26.9. The highest BCUT2D eigenvalue weighted by Gasteiger charge is 2.32. The fourth-order valence-electron chi connectivity index (χ4n) is 3.27. The Morgan fingerprint density at radius 3 is 2.65 bits per heavy atom. The summed E-state index contributed by atoms with van der Waals surface area (Å²) in [6.45, 7) is 2.37. The van der Waals surface area contributed by atoms with E-state index < -0.39 is 0 Å². The number of carbonyl (C=O) groups is 2. The molecular weight excluding hydrogens is 364 g/mol. The van der Waals surface area contributed by atoms with Gasteiger partial charge in [0.15, 0.2) is 0 Å². The van der Waals surface area contributed by atoms with Gasteiger partial charge in [0.05, 0.1) is 4.91 Å². The number of thiocarbonyl (C=S) groups is 1. The molecule has 26 heavy (non-hydrogen) atoms. The molecule has 1 saturated carbocycles. The molecule has 1 aliphatic carbocycles.